The first kappa shape index (κ1) is 16.4. The average molecular weight is 295 g/mol. The molecular weight excluding hydrogens is 268 g/mol. The first-order valence-corrected chi connectivity index (χ1v) is 8.14. The van der Waals surface area contributed by atoms with Crippen LogP contribution in [0.4, 0.5) is 8.78 Å². The van der Waals surface area contributed by atoms with Crippen LogP contribution >= 0.6 is 0 Å². The van der Waals surface area contributed by atoms with Crippen LogP contribution < -0.4 is 5.32 Å². The molecule has 1 aliphatic carbocycles. The number of benzene rings is 1. The van der Waals surface area contributed by atoms with Gasteiger partial charge in [-0.25, -0.2) is 8.78 Å². The number of hydrogen-bond donors (Lipinski definition) is 1. The molecule has 0 spiro atoms. The smallest absolute Gasteiger partial charge is 0.130 e. The lowest BCUT2D eigenvalue weighted by Crippen LogP contribution is -2.40. The van der Waals surface area contributed by atoms with Gasteiger partial charge in [0.05, 0.1) is 0 Å². The highest BCUT2D eigenvalue weighted by atomic mass is 19.1. The van der Waals surface area contributed by atoms with Gasteiger partial charge in [-0.05, 0) is 49.3 Å². The molecule has 0 saturated heterocycles. The molecule has 0 heterocycles. The second-order valence-corrected chi connectivity index (χ2v) is 6.91. The van der Waals surface area contributed by atoms with Crippen molar-refractivity contribution in [3.63, 3.8) is 0 Å². The quantitative estimate of drug-likeness (QED) is 0.785. The van der Waals surface area contributed by atoms with E-state index in [9.17, 15) is 8.78 Å². The minimum absolute atomic E-state index is 0.110. The molecule has 1 N–H and O–H groups in total. The summed E-state index contributed by atoms with van der Waals surface area (Å²) >= 11 is 0. The third-order valence-corrected chi connectivity index (χ3v) is 4.92. The predicted molar refractivity (Wildman–Crippen MR) is 83.1 cm³/mol. The van der Waals surface area contributed by atoms with Gasteiger partial charge < -0.3 is 5.32 Å². The third kappa shape index (κ3) is 3.63. The molecule has 1 nitrogen and oxygen atoms in total. The molecule has 0 aliphatic heterocycles. The molecule has 1 fully saturated rings. The Morgan fingerprint density at radius 2 is 1.90 bits per heavy atom. The zero-order valence-electron chi connectivity index (χ0n) is 13.4. The molecule has 2 atom stereocenters. The Morgan fingerprint density at radius 1 is 1.24 bits per heavy atom. The maximum absolute atomic E-state index is 14.3. The Kier molecular flexibility index (Phi) is 5.37. The molecule has 3 heteroatoms. The maximum atomic E-state index is 14.3. The number of hydrogen-bond acceptors (Lipinski definition) is 1. The van der Waals surface area contributed by atoms with Gasteiger partial charge in [0.25, 0.3) is 0 Å². The third-order valence-electron chi connectivity index (χ3n) is 4.92. The van der Waals surface area contributed by atoms with Crippen LogP contribution in [0, 0.1) is 23.0 Å². The van der Waals surface area contributed by atoms with E-state index in [1.165, 1.54) is 24.6 Å². The van der Waals surface area contributed by atoms with E-state index in [1.54, 1.807) is 0 Å². The second-order valence-electron chi connectivity index (χ2n) is 6.91. The summed E-state index contributed by atoms with van der Waals surface area (Å²) < 4.78 is 28.5. The number of halogens is 2. The van der Waals surface area contributed by atoms with Crippen LogP contribution in [0.5, 0.6) is 0 Å². The Balaban J connectivity index is 2.38. The Bertz CT molecular complexity index is 450. The minimum atomic E-state index is -0.426. The van der Waals surface area contributed by atoms with Gasteiger partial charge in [0.15, 0.2) is 0 Å². The molecular formula is C18H27F2N. The van der Waals surface area contributed by atoms with Crippen molar-refractivity contribution in [2.45, 2.75) is 58.9 Å². The van der Waals surface area contributed by atoms with Gasteiger partial charge in [0, 0.05) is 11.6 Å². The minimum Gasteiger partial charge on any atom is -0.309 e. The summed E-state index contributed by atoms with van der Waals surface area (Å²) in [7, 11) is 0. The summed E-state index contributed by atoms with van der Waals surface area (Å²) in [6, 6.07) is 3.95. The van der Waals surface area contributed by atoms with Gasteiger partial charge in [-0.1, -0.05) is 39.7 Å². The molecule has 1 aliphatic rings. The molecule has 1 saturated carbocycles. The molecule has 0 radical (unpaired) electrons. The zero-order valence-corrected chi connectivity index (χ0v) is 13.4. The van der Waals surface area contributed by atoms with E-state index >= 15 is 0 Å². The monoisotopic (exact) mass is 295 g/mol. The van der Waals surface area contributed by atoms with E-state index in [-0.39, 0.29) is 22.9 Å². The first-order valence-electron chi connectivity index (χ1n) is 8.14. The highest BCUT2D eigenvalue weighted by molar-refractivity contribution is 5.25. The molecule has 0 aromatic heterocycles. The summed E-state index contributed by atoms with van der Waals surface area (Å²) in [6.07, 6.45) is 5.47. The van der Waals surface area contributed by atoms with Crippen molar-refractivity contribution in [1.29, 1.82) is 0 Å². The lowest BCUT2D eigenvalue weighted by molar-refractivity contribution is 0.0952. The normalized spacial score (nSPS) is 23.0. The van der Waals surface area contributed by atoms with E-state index in [0.29, 0.717) is 0 Å². The molecule has 2 rings (SSSR count). The van der Waals surface area contributed by atoms with Crippen molar-refractivity contribution in [1.82, 2.24) is 5.32 Å². The highest BCUT2D eigenvalue weighted by Gasteiger charge is 2.39. The molecule has 118 valence electrons. The van der Waals surface area contributed by atoms with Gasteiger partial charge in [-0.3, -0.25) is 0 Å². The zero-order chi connectivity index (χ0) is 15.5. The van der Waals surface area contributed by atoms with E-state index in [0.717, 1.165) is 32.2 Å². The standard InChI is InChI=1S/C18H27F2N/c1-4-12-21-17(13-8-5-6-11-18(13,2)3)16-14(19)9-7-10-15(16)20/h7,9-10,13,17,21H,4-6,8,11-12H2,1-3H3. The maximum Gasteiger partial charge on any atom is 0.130 e. The molecule has 1 aromatic rings. The van der Waals surface area contributed by atoms with E-state index in [4.69, 9.17) is 0 Å². The summed E-state index contributed by atoms with van der Waals surface area (Å²) in [5, 5.41) is 3.41. The second kappa shape index (κ2) is 6.87. The van der Waals surface area contributed by atoms with Crippen LogP contribution in [-0.4, -0.2) is 6.54 Å². The van der Waals surface area contributed by atoms with Crippen LogP contribution in [0.3, 0.4) is 0 Å². The molecule has 2 unspecified atom stereocenters. The van der Waals surface area contributed by atoms with Crippen LogP contribution in [0.15, 0.2) is 18.2 Å². The van der Waals surface area contributed by atoms with Crippen molar-refractivity contribution < 1.29 is 8.78 Å². The average Bonchev–Trinajstić information content (AvgIpc) is 2.42. The fourth-order valence-electron chi connectivity index (χ4n) is 3.69. The van der Waals surface area contributed by atoms with Crippen LogP contribution in [0.2, 0.25) is 0 Å². The van der Waals surface area contributed by atoms with Crippen molar-refractivity contribution in [3.05, 3.63) is 35.4 Å². The molecule has 1 aromatic carbocycles. The van der Waals surface area contributed by atoms with Crippen LogP contribution in [-0.2, 0) is 0 Å². The van der Waals surface area contributed by atoms with E-state index in [2.05, 4.69) is 26.1 Å². The summed E-state index contributed by atoms with van der Waals surface area (Å²) in [5.41, 5.74) is 0.337. The van der Waals surface area contributed by atoms with Crippen molar-refractivity contribution in [2.24, 2.45) is 11.3 Å². The lowest BCUT2D eigenvalue weighted by Gasteiger charge is -2.44. The largest absolute Gasteiger partial charge is 0.309 e. The lowest BCUT2D eigenvalue weighted by atomic mass is 9.64. The Morgan fingerprint density at radius 3 is 2.48 bits per heavy atom. The fraction of sp³-hybridized carbons (Fsp3) is 0.667. The topological polar surface area (TPSA) is 12.0 Å². The van der Waals surface area contributed by atoms with Gasteiger partial charge in [-0.2, -0.15) is 0 Å². The summed E-state index contributed by atoms with van der Waals surface area (Å²) in [4.78, 5) is 0. The number of nitrogens with one attached hydrogen (secondary N) is 1. The summed E-state index contributed by atoms with van der Waals surface area (Å²) in [6.45, 7) is 7.32. The fourth-order valence-corrected chi connectivity index (χ4v) is 3.69. The van der Waals surface area contributed by atoms with Gasteiger partial charge in [0.1, 0.15) is 11.6 Å². The van der Waals surface area contributed by atoms with Crippen molar-refractivity contribution >= 4 is 0 Å². The van der Waals surface area contributed by atoms with Gasteiger partial charge >= 0.3 is 0 Å². The first-order chi connectivity index (χ1) is 9.97. The SMILES string of the molecule is CCCNC(c1c(F)cccc1F)C1CCCCC1(C)C. The number of rotatable bonds is 5. The van der Waals surface area contributed by atoms with Crippen molar-refractivity contribution in [2.75, 3.05) is 6.54 Å². The predicted octanol–water partition coefficient (Wildman–Crippen LogP) is 5.22. The molecule has 0 bridgehead atoms. The highest BCUT2D eigenvalue weighted by Crippen LogP contribution is 2.47. The molecule has 21 heavy (non-hydrogen) atoms. The van der Waals surface area contributed by atoms with E-state index < -0.39 is 11.6 Å². The molecule has 0 amide bonds. The summed E-state index contributed by atoms with van der Waals surface area (Å²) in [5.74, 6) is -0.584. The van der Waals surface area contributed by atoms with E-state index in [1.807, 2.05) is 0 Å². The van der Waals surface area contributed by atoms with Crippen LogP contribution in [0.1, 0.15) is 64.5 Å². The van der Waals surface area contributed by atoms with Gasteiger partial charge in [-0.15, -0.1) is 0 Å². The van der Waals surface area contributed by atoms with Crippen molar-refractivity contribution in [3.8, 4) is 0 Å². The van der Waals surface area contributed by atoms with Gasteiger partial charge in [0.2, 0.25) is 0 Å². The Labute approximate surface area is 127 Å². The Hall–Kier alpha value is -0.960. The van der Waals surface area contributed by atoms with Crippen LogP contribution in [0.25, 0.3) is 0 Å².